The van der Waals surface area contributed by atoms with E-state index in [0.29, 0.717) is 26.4 Å². The molecule has 0 aliphatic carbocycles. The van der Waals surface area contributed by atoms with E-state index in [2.05, 4.69) is 126 Å². The second kappa shape index (κ2) is 31.0. The van der Waals surface area contributed by atoms with Crippen LogP contribution in [0, 0.1) is 20.3 Å². The van der Waals surface area contributed by atoms with Crippen LogP contribution in [0.15, 0.2) is 109 Å². The Morgan fingerprint density at radius 3 is 1.30 bits per heavy atom. The first-order valence-corrected chi connectivity index (χ1v) is 37.2. The summed E-state index contributed by atoms with van der Waals surface area (Å²) < 4.78 is -0.464. The third-order valence-electron chi connectivity index (χ3n) is 5.81. The summed E-state index contributed by atoms with van der Waals surface area (Å²) in [6.07, 6.45) is 3.34. The van der Waals surface area contributed by atoms with Gasteiger partial charge < -0.3 is 14.9 Å². The van der Waals surface area contributed by atoms with Crippen molar-refractivity contribution in [1.29, 1.82) is 0 Å². The molecule has 14 heteroatoms. The third kappa shape index (κ3) is 25.7. The Bertz CT molecular complexity index is 1510. The van der Waals surface area contributed by atoms with Crippen LogP contribution >= 0.6 is 116 Å². The maximum absolute atomic E-state index is 12.5. The van der Waals surface area contributed by atoms with Gasteiger partial charge in [0, 0.05) is 42.3 Å². The first-order chi connectivity index (χ1) is 22.5. The van der Waals surface area contributed by atoms with Gasteiger partial charge in [0.05, 0.1) is 4.32 Å². The standard InChI is InChI=1S/C17H17NO2.C10H11BrO.C7H7NO.2CH3.5HI.2V/c1-17(2,16(20)13-8-4-3-5-9-13)12-15(19)14-10-6-7-11-18-14;1-10(2,11)9(12)8-6-4-3-5-7-8;1-6(9)7-4-2-3-5-8-7;;;;;;;;;/h3-11H,12H2,1-2H3;3-7H,1-2H3;2-5H,1H3;2*1H3;5*1H;;/q;;;2*-1;;;;;;+2;+3/p-5. The third-order valence-corrected chi connectivity index (χ3v) is 6.17. The number of aromatic nitrogens is 2. The van der Waals surface area contributed by atoms with E-state index in [9.17, 15) is 19.2 Å². The van der Waals surface area contributed by atoms with Gasteiger partial charge in [-0.2, -0.15) is 0 Å². The first kappa shape index (κ1) is 55.1. The van der Waals surface area contributed by atoms with E-state index in [0.717, 1.165) is 5.56 Å². The molecule has 0 spiro atoms. The SMILES string of the molecule is CC(=O)c1ccccn1.CC(C)(Br)C(=O)c1ccccc1.CC(C)(CC(=O)c1ccccn1)C(=O)c1ccccc1.[CH3-].[CH3-].[I][V]([I])[I].[I][V][I]. The number of rotatable bonds is 8. The molecule has 50 heavy (non-hydrogen) atoms. The van der Waals surface area contributed by atoms with Crippen LogP contribution in [0.5, 0.6) is 0 Å². The minimum absolute atomic E-state index is 0. The number of pyridine rings is 2. The molecular formula is C36H41BrI5N2O4V2-2. The molecule has 0 unspecified atom stereocenters. The number of alkyl halides is 1. The van der Waals surface area contributed by atoms with E-state index in [1.165, 1.54) is 6.92 Å². The van der Waals surface area contributed by atoms with Gasteiger partial charge in [0.2, 0.25) is 0 Å². The van der Waals surface area contributed by atoms with Crippen molar-refractivity contribution < 1.29 is 33.6 Å². The number of ketones is 4. The van der Waals surface area contributed by atoms with Crippen LogP contribution in [0.25, 0.3) is 0 Å². The Morgan fingerprint density at radius 2 is 1.00 bits per heavy atom. The predicted molar refractivity (Wildman–Crippen MR) is 249 cm³/mol. The second-order valence-corrected chi connectivity index (χ2v) is 59.7. The van der Waals surface area contributed by atoms with Crippen LogP contribution in [0.1, 0.15) is 82.7 Å². The van der Waals surface area contributed by atoms with Crippen LogP contribution < -0.4 is 0 Å². The van der Waals surface area contributed by atoms with E-state index in [-0.39, 0.29) is 49.3 Å². The summed E-state index contributed by atoms with van der Waals surface area (Å²) >= 11 is 15.5. The van der Waals surface area contributed by atoms with E-state index in [1.807, 2.05) is 62.4 Å². The Balaban J connectivity index is -0.000000631. The van der Waals surface area contributed by atoms with Crippen molar-refractivity contribution in [2.75, 3.05) is 0 Å². The zero-order chi connectivity index (χ0) is 36.8. The van der Waals surface area contributed by atoms with Crippen molar-refractivity contribution in [1.82, 2.24) is 9.97 Å². The molecule has 2 aromatic heterocycles. The molecule has 0 saturated carbocycles. The second-order valence-electron chi connectivity index (χ2n) is 10.6. The van der Waals surface area contributed by atoms with Gasteiger partial charge in [-0.25, -0.2) is 0 Å². The average Bonchev–Trinajstić information content (AvgIpc) is 3.06. The summed E-state index contributed by atoms with van der Waals surface area (Å²) in [5, 5.41) is 0. The fourth-order valence-electron chi connectivity index (χ4n) is 3.58. The molecule has 0 N–H and O–H groups in total. The number of hydrogen-bond acceptors (Lipinski definition) is 6. The van der Waals surface area contributed by atoms with Gasteiger partial charge in [0.1, 0.15) is 11.4 Å². The molecule has 2 heterocycles. The Morgan fingerprint density at radius 1 is 0.660 bits per heavy atom. The molecule has 4 aromatic rings. The number of carbonyl (C=O) groups excluding carboxylic acids is 4. The fourth-order valence-corrected chi connectivity index (χ4v) is 3.81. The maximum atomic E-state index is 12.5. The van der Waals surface area contributed by atoms with Crippen molar-refractivity contribution in [3.8, 4) is 0 Å². The Kier molecular flexibility index (Phi) is 34.1. The van der Waals surface area contributed by atoms with Crippen molar-refractivity contribution in [2.24, 2.45) is 5.41 Å². The van der Waals surface area contributed by atoms with Crippen molar-refractivity contribution in [3.63, 3.8) is 0 Å². The van der Waals surface area contributed by atoms with Crippen LogP contribution in [-0.2, 0) is 14.4 Å². The number of halogens is 6. The van der Waals surface area contributed by atoms with Crippen molar-refractivity contribution >= 4 is 139 Å². The van der Waals surface area contributed by atoms with Gasteiger partial charge in [-0.05, 0) is 38.1 Å². The molecular weight excluding hydrogens is 1340 g/mol. The summed E-state index contributed by atoms with van der Waals surface area (Å²) in [7, 11) is 0.628. The normalized spacial score (nSPS) is 9.76. The van der Waals surface area contributed by atoms with Crippen LogP contribution in [0.2, 0.25) is 0 Å². The Labute approximate surface area is 374 Å². The Hall–Kier alpha value is 0.719. The van der Waals surface area contributed by atoms with Gasteiger partial charge in [-0.3, -0.25) is 29.1 Å². The summed E-state index contributed by atoms with van der Waals surface area (Å²) in [5.41, 5.74) is 1.57. The van der Waals surface area contributed by atoms with E-state index >= 15 is 0 Å². The molecule has 273 valence electrons. The van der Waals surface area contributed by atoms with Gasteiger partial charge in [0.25, 0.3) is 0 Å². The van der Waals surface area contributed by atoms with Crippen molar-refractivity contribution in [2.45, 2.75) is 45.4 Å². The predicted octanol–water partition coefficient (Wildman–Crippen LogP) is 13.2. The zero-order valence-electron chi connectivity index (χ0n) is 28.8. The molecule has 0 atom stereocenters. The monoisotopic (exact) mass is 1380 g/mol. The van der Waals surface area contributed by atoms with Crippen molar-refractivity contribution in [3.05, 3.63) is 147 Å². The topological polar surface area (TPSA) is 94.1 Å². The van der Waals surface area contributed by atoms with Crippen LogP contribution in [0.3, 0.4) is 0 Å². The minimum atomic E-state index is -0.740. The van der Waals surface area contributed by atoms with E-state index in [1.54, 1.807) is 74.8 Å². The molecule has 0 aliphatic rings. The molecule has 2 aromatic carbocycles. The van der Waals surface area contributed by atoms with Crippen LogP contribution in [-0.4, -0.2) is 37.4 Å². The summed E-state index contributed by atoms with van der Waals surface area (Å²) in [6, 6.07) is 28.8. The first-order valence-electron chi connectivity index (χ1n) is 13.9. The van der Waals surface area contributed by atoms with Gasteiger partial charge in [-0.1, -0.05) is 103 Å². The molecule has 0 fully saturated rings. The van der Waals surface area contributed by atoms with Gasteiger partial charge in [0.15, 0.2) is 23.1 Å². The number of carbonyl (C=O) groups is 4. The van der Waals surface area contributed by atoms with Gasteiger partial charge >= 0.3 is 114 Å². The molecule has 0 aliphatic heterocycles. The molecule has 0 amide bonds. The summed E-state index contributed by atoms with van der Waals surface area (Å²) in [5.74, 6) is -0.0130. The molecule has 6 nitrogen and oxygen atoms in total. The number of nitrogens with zero attached hydrogens (tertiary/aromatic N) is 2. The van der Waals surface area contributed by atoms with E-state index in [4.69, 9.17) is 0 Å². The summed E-state index contributed by atoms with van der Waals surface area (Å²) in [6.45, 7) is 8.79. The molecule has 0 saturated heterocycles. The number of Topliss-reactive ketones (excluding diaryl/α,β-unsaturated/α-hetero) is 4. The molecule has 4 rings (SSSR count). The van der Waals surface area contributed by atoms with Gasteiger partial charge in [-0.15, -0.1) is 0 Å². The number of benzene rings is 2. The quantitative estimate of drug-likeness (QED) is 0.0755. The summed E-state index contributed by atoms with van der Waals surface area (Å²) in [4.78, 5) is 54.4. The zero-order valence-corrected chi connectivity index (χ0v) is 44.0. The van der Waals surface area contributed by atoms with Crippen LogP contribution in [0.4, 0.5) is 0 Å². The number of hydrogen-bond donors (Lipinski definition) is 0. The fraction of sp³-hybridized carbons (Fsp3) is 0.222. The molecule has 0 bridgehead atoms. The average molecular weight is 1380 g/mol. The van der Waals surface area contributed by atoms with E-state index < -0.39 is 9.74 Å². The molecule has 0 radical (unpaired) electrons.